The van der Waals surface area contributed by atoms with E-state index >= 15 is 0 Å². The number of rotatable bonds is 11. The molecule has 1 amide bonds. The van der Waals surface area contributed by atoms with Crippen LogP contribution in [0.3, 0.4) is 0 Å². The van der Waals surface area contributed by atoms with Gasteiger partial charge in [-0.1, -0.05) is 6.07 Å². The van der Waals surface area contributed by atoms with Crippen molar-refractivity contribution in [1.29, 1.82) is 0 Å². The quantitative estimate of drug-likeness (QED) is 0.595. The van der Waals surface area contributed by atoms with E-state index in [0.29, 0.717) is 24.5 Å². The Labute approximate surface area is 167 Å². The second-order valence-electron chi connectivity index (χ2n) is 6.12. The van der Waals surface area contributed by atoms with Crippen LogP contribution in [0.5, 0.6) is 11.5 Å². The molecule has 0 radical (unpaired) electrons. The summed E-state index contributed by atoms with van der Waals surface area (Å²) in [6.07, 6.45) is 2.61. The number of thioether (sulfide) groups is 1. The van der Waals surface area contributed by atoms with Crippen LogP contribution in [0.15, 0.2) is 36.4 Å². The molecule has 0 heterocycles. The second-order valence-corrected chi connectivity index (χ2v) is 7.10. The van der Waals surface area contributed by atoms with E-state index in [0.717, 1.165) is 29.5 Å². The summed E-state index contributed by atoms with van der Waals surface area (Å²) in [5.41, 5.74) is 6.38. The lowest BCUT2D eigenvalue weighted by Gasteiger charge is -2.17. The summed E-state index contributed by atoms with van der Waals surface area (Å²) in [4.78, 5) is 11.5. The van der Waals surface area contributed by atoms with E-state index < -0.39 is 23.6 Å². The highest BCUT2D eigenvalue weighted by Gasteiger charge is 2.15. The maximum atomic E-state index is 13.7. The Bertz CT molecular complexity index is 805. The van der Waals surface area contributed by atoms with Gasteiger partial charge in [0, 0.05) is 23.7 Å². The van der Waals surface area contributed by atoms with Crippen LogP contribution in [-0.2, 0) is 17.9 Å². The molecule has 0 saturated heterocycles. The number of benzene rings is 2. The fourth-order valence-electron chi connectivity index (χ4n) is 2.59. The van der Waals surface area contributed by atoms with Crippen LogP contribution in [0.25, 0.3) is 0 Å². The zero-order valence-electron chi connectivity index (χ0n) is 15.8. The van der Waals surface area contributed by atoms with E-state index in [9.17, 15) is 13.6 Å². The zero-order chi connectivity index (χ0) is 20.5. The van der Waals surface area contributed by atoms with Crippen molar-refractivity contribution in [2.75, 3.05) is 19.1 Å². The maximum absolute atomic E-state index is 13.7. The van der Waals surface area contributed by atoms with Gasteiger partial charge in [-0.05, 0) is 42.7 Å². The van der Waals surface area contributed by atoms with E-state index in [1.807, 2.05) is 6.26 Å². The number of nitrogens with one attached hydrogen (secondary N) is 1. The van der Waals surface area contributed by atoms with Gasteiger partial charge in [0.2, 0.25) is 5.91 Å². The Hall–Kier alpha value is -2.32. The van der Waals surface area contributed by atoms with Gasteiger partial charge in [0.15, 0.2) is 0 Å². The van der Waals surface area contributed by atoms with Crippen LogP contribution < -0.4 is 20.5 Å². The van der Waals surface area contributed by atoms with Gasteiger partial charge >= 0.3 is 0 Å². The second kappa shape index (κ2) is 10.9. The fraction of sp³-hybridized carbons (Fsp3) is 0.350. The smallest absolute Gasteiger partial charge is 0.234 e. The van der Waals surface area contributed by atoms with Gasteiger partial charge in [0.1, 0.15) is 29.7 Å². The topological polar surface area (TPSA) is 73.6 Å². The van der Waals surface area contributed by atoms with Crippen molar-refractivity contribution in [2.45, 2.75) is 25.6 Å². The molecule has 28 heavy (non-hydrogen) atoms. The Balaban J connectivity index is 2.02. The summed E-state index contributed by atoms with van der Waals surface area (Å²) in [6, 6.07) is 7.95. The van der Waals surface area contributed by atoms with Crippen molar-refractivity contribution in [3.8, 4) is 11.5 Å². The van der Waals surface area contributed by atoms with Crippen molar-refractivity contribution in [2.24, 2.45) is 5.73 Å². The highest BCUT2D eigenvalue weighted by Crippen LogP contribution is 2.26. The number of carbonyl (C=O) groups is 1. The molecule has 2 aromatic carbocycles. The third-order valence-corrected chi connectivity index (χ3v) is 4.80. The molecule has 0 unspecified atom stereocenters. The molecular weight excluding hydrogens is 386 g/mol. The Kier molecular flexibility index (Phi) is 8.53. The van der Waals surface area contributed by atoms with Gasteiger partial charge in [0.25, 0.3) is 0 Å². The first kappa shape index (κ1) is 22.0. The molecule has 0 spiro atoms. The lowest BCUT2D eigenvalue weighted by Crippen LogP contribution is -2.41. The normalized spacial score (nSPS) is 11.9. The summed E-state index contributed by atoms with van der Waals surface area (Å²) < 4.78 is 37.9. The molecule has 0 bridgehead atoms. The number of halogens is 2. The monoisotopic (exact) mass is 410 g/mol. The molecular formula is C20H24F2N2O3S. The molecule has 0 aliphatic heterocycles. The summed E-state index contributed by atoms with van der Waals surface area (Å²) >= 11 is 1.64. The number of amides is 1. The number of nitrogens with two attached hydrogens (primary N) is 1. The van der Waals surface area contributed by atoms with Gasteiger partial charge in [0.05, 0.1) is 13.2 Å². The largest absolute Gasteiger partial charge is 0.496 e. The number of ether oxygens (including phenoxy) is 2. The molecule has 2 rings (SSSR count). The van der Waals surface area contributed by atoms with Gasteiger partial charge < -0.3 is 20.5 Å². The number of hydrogen-bond acceptors (Lipinski definition) is 5. The molecule has 2 aromatic rings. The van der Waals surface area contributed by atoms with E-state index in [4.69, 9.17) is 15.2 Å². The average molecular weight is 410 g/mol. The predicted octanol–water partition coefficient (Wildman–Crippen LogP) is 3.25. The van der Waals surface area contributed by atoms with Gasteiger partial charge in [-0.25, -0.2) is 8.78 Å². The summed E-state index contributed by atoms with van der Waals surface area (Å²) in [6.45, 7) is 0.284. The minimum atomic E-state index is -0.531. The minimum absolute atomic E-state index is 0.108. The van der Waals surface area contributed by atoms with Crippen LogP contribution in [0.2, 0.25) is 0 Å². The third kappa shape index (κ3) is 6.38. The first-order valence-electron chi connectivity index (χ1n) is 8.70. The molecule has 152 valence electrons. The molecule has 8 heteroatoms. The molecule has 1 atom stereocenters. The van der Waals surface area contributed by atoms with Crippen molar-refractivity contribution < 1.29 is 23.0 Å². The van der Waals surface area contributed by atoms with Gasteiger partial charge in [-0.2, -0.15) is 11.8 Å². The summed E-state index contributed by atoms with van der Waals surface area (Å²) in [7, 11) is 1.52. The van der Waals surface area contributed by atoms with Crippen LogP contribution in [-0.4, -0.2) is 31.1 Å². The van der Waals surface area contributed by atoms with Crippen molar-refractivity contribution in [3.63, 3.8) is 0 Å². The molecule has 0 saturated carbocycles. The molecule has 0 aliphatic rings. The summed E-state index contributed by atoms with van der Waals surface area (Å²) in [5, 5.41) is 3.14. The van der Waals surface area contributed by atoms with Crippen LogP contribution in [0, 0.1) is 11.6 Å². The Morgan fingerprint density at radius 3 is 2.68 bits per heavy atom. The SMILES string of the molecule is COc1cc(OCc2cc(F)ccc2F)ccc1CN[C@@H](CCSC)C(N)=O. The average Bonchev–Trinajstić information content (AvgIpc) is 2.68. The zero-order valence-corrected chi connectivity index (χ0v) is 16.7. The number of hydrogen-bond donors (Lipinski definition) is 2. The number of methoxy groups -OCH3 is 1. The lowest BCUT2D eigenvalue weighted by atomic mass is 10.1. The molecule has 0 aromatic heterocycles. The maximum Gasteiger partial charge on any atom is 0.234 e. The van der Waals surface area contributed by atoms with Crippen LogP contribution in [0.1, 0.15) is 17.5 Å². The Morgan fingerprint density at radius 2 is 2.00 bits per heavy atom. The number of primary amides is 1. The van der Waals surface area contributed by atoms with E-state index in [2.05, 4.69) is 5.32 Å². The third-order valence-electron chi connectivity index (χ3n) is 4.15. The van der Waals surface area contributed by atoms with E-state index in [1.165, 1.54) is 7.11 Å². The van der Waals surface area contributed by atoms with Gasteiger partial charge in [-0.3, -0.25) is 4.79 Å². The first-order chi connectivity index (χ1) is 13.4. The van der Waals surface area contributed by atoms with Crippen molar-refractivity contribution >= 4 is 17.7 Å². The van der Waals surface area contributed by atoms with Crippen molar-refractivity contribution in [3.05, 3.63) is 59.2 Å². The fourth-order valence-corrected chi connectivity index (χ4v) is 3.06. The lowest BCUT2D eigenvalue weighted by molar-refractivity contribution is -0.120. The van der Waals surface area contributed by atoms with E-state index in [-0.39, 0.29) is 12.2 Å². The Morgan fingerprint density at radius 1 is 1.21 bits per heavy atom. The molecule has 3 N–H and O–H groups in total. The van der Waals surface area contributed by atoms with Crippen LogP contribution in [0.4, 0.5) is 8.78 Å². The van der Waals surface area contributed by atoms with Crippen LogP contribution >= 0.6 is 11.8 Å². The van der Waals surface area contributed by atoms with Gasteiger partial charge in [-0.15, -0.1) is 0 Å². The molecule has 5 nitrogen and oxygen atoms in total. The number of carbonyl (C=O) groups excluding carboxylic acids is 1. The standard InChI is InChI=1S/C20H24F2N2O3S/c1-26-19-10-16(27-12-14-9-15(21)4-6-17(14)22)5-3-13(19)11-24-18(20(23)25)7-8-28-2/h3-6,9-10,18,24H,7-8,11-12H2,1-2H3,(H2,23,25)/t18-/m0/s1. The highest BCUT2D eigenvalue weighted by molar-refractivity contribution is 7.98. The highest BCUT2D eigenvalue weighted by atomic mass is 32.2. The van der Waals surface area contributed by atoms with Crippen molar-refractivity contribution in [1.82, 2.24) is 5.32 Å². The molecule has 0 aliphatic carbocycles. The van der Waals surface area contributed by atoms with E-state index in [1.54, 1.807) is 30.0 Å². The summed E-state index contributed by atoms with van der Waals surface area (Å²) in [5.74, 6) is 0.378. The minimum Gasteiger partial charge on any atom is -0.496 e. The first-order valence-corrected chi connectivity index (χ1v) is 10.1. The molecule has 0 fully saturated rings. The predicted molar refractivity (Wildman–Crippen MR) is 107 cm³/mol.